The number of aromatic nitrogens is 2. The molecule has 0 saturated heterocycles. The molecule has 0 atom stereocenters. The number of benzene rings is 1. The zero-order valence-electron chi connectivity index (χ0n) is 9.95. The smallest absolute Gasteiger partial charge is 0.282 e. The van der Waals surface area contributed by atoms with Crippen LogP contribution in [0.2, 0.25) is 0 Å². The second-order valence-corrected chi connectivity index (χ2v) is 5.60. The van der Waals surface area contributed by atoms with Crippen molar-refractivity contribution in [1.82, 2.24) is 9.78 Å². The quantitative estimate of drug-likeness (QED) is 0.876. The predicted octanol–water partition coefficient (Wildman–Crippen LogP) is 3.06. The molecule has 1 heterocycles. The Bertz CT molecular complexity index is 673. The number of aryl methyl sites for hydroxylation is 1. The van der Waals surface area contributed by atoms with Gasteiger partial charge < -0.3 is 5.32 Å². The van der Waals surface area contributed by atoms with Gasteiger partial charge in [0.05, 0.1) is 11.9 Å². The molecule has 2 aromatic rings. The van der Waals surface area contributed by atoms with E-state index in [1.165, 1.54) is 16.9 Å². The van der Waals surface area contributed by atoms with Crippen LogP contribution in [0.4, 0.5) is 10.1 Å². The lowest BCUT2D eigenvalue weighted by Gasteiger charge is -2.09. The van der Waals surface area contributed by atoms with Crippen LogP contribution in [0.5, 0.6) is 0 Å². The van der Waals surface area contributed by atoms with Crippen molar-refractivity contribution in [3.8, 4) is 0 Å². The maximum Gasteiger partial charge on any atom is 0.282 e. The third-order valence-corrected chi connectivity index (χ3v) is 3.82. The minimum absolute atomic E-state index is 0.249. The molecule has 0 amide bonds. The third-order valence-electron chi connectivity index (χ3n) is 2.56. The van der Waals surface area contributed by atoms with Crippen molar-refractivity contribution in [3.05, 3.63) is 55.1 Å². The maximum absolute atomic E-state index is 13.6. The topological polar surface area (TPSA) is 46.9 Å². The molecule has 0 aliphatic carbocycles. The first-order chi connectivity index (χ1) is 8.99. The van der Waals surface area contributed by atoms with E-state index in [0.29, 0.717) is 20.2 Å². The van der Waals surface area contributed by atoms with E-state index in [1.54, 1.807) is 19.2 Å². The van der Waals surface area contributed by atoms with Gasteiger partial charge in [-0.05, 0) is 28.1 Å². The summed E-state index contributed by atoms with van der Waals surface area (Å²) in [6.45, 7) is 0.270. The van der Waals surface area contributed by atoms with Gasteiger partial charge in [0, 0.05) is 23.6 Å². The van der Waals surface area contributed by atoms with Crippen LogP contribution in [-0.2, 0) is 13.6 Å². The molecule has 0 bridgehead atoms. The van der Waals surface area contributed by atoms with E-state index in [9.17, 15) is 9.18 Å². The van der Waals surface area contributed by atoms with E-state index in [0.717, 1.165) is 0 Å². The predicted molar refractivity (Wildman–Crippen MR) is 78.6 cm³/mol. The van der Waals surface area contributed by atoms with Crippen LogP contribution in [0.3, 0.4) is 0 Å². The van der Waals surface area contributed by atoms with Crippen molar-refractivity contribution in [2.45, 2.75) is 6.54 Å². The molecule has 0 fully saturated rings. The molecule has 0 aliphatic heterocycles. The fourth-order valence-corrected chi connectivity index (χ4v) is 2.32. The summed E-state index contributed by atoms with van der Waals surface area (Å²) < 4.78 is 15.9. The largest absolute Gasteiger partial charge is 0.378 e. The normalized spacial score (nSPS) is 10.5. The van der Waals surface area contributed by atoms with Crippen molar-refractivity contribution in [3.63, 3.8) is 0 Å². The molecule has 19 heavy (non-hydrogen) atoms. The molecular formula is C12H10Br2FN3O. The molecule has 1 aromatic carbocycles. The van der Waals surface area contributed by atoms with Gasteiger partial charge in [0.25, 0.3) is 5.56 Å². The van der Waals surface area contributed by atoms with E-state index in [4.69, 9.17) is 0 Å². The van der Waals surface area contributed by atoms with Crippen LogP contribution < -0.4 is 10.9 Å². The Morgan fingerprint density at radius 2 is 2.16 bits per heavy atom. The Labute approximate surface area is 125 Å². The Morgan fingerprint density at radius 3 is 2.84 bits per heavy atom. The fourth-order valence-electron chi connectivity index (χ4n) is 1.49. The van der Waals surface area contributed by atoms with Gasteiger partial charge in [0.1, 0.15) is 10.3 Å². The highest BCUT2D eigenvalue weighted by atomic mass is 79.9. The Morgan fingerprint density at radius 1 is 1.42 bits per heavy atom. The summed E-state index contributed by atoms with van der Waals surface area (Å²) >= 11 is 6.40. The molecule has 0 spiro atoms. The van der Waals surface area contributed by atoms with Crippen LogP contribution in [-0.4, -0.2) is 9.78 Å². The average Bonchev–Trinajstić information content (AvgIpc) is 2.37. The Hall–Kier alpha value is -1.21. The summed E-state index contributed by atoms with van der Waals surface area (Å²) in [6.07, 6.45) is 1.52. The Balaban J connectivity index is 2.19. The number of nitrogens with one attached hydrogen (secondary N) is 1. The van der Waals surface area contributed by atoms with Crippen molar-refractivity contribution < 1.29 is 4.39 Å². The number of hydrogen-bond donors (Lipinski definition) is 1. The van der Waals surface area contributed by atoms with Gasteiger partial charge in [-0.15, -0.1) is 0 Å². The molecule has 1 N–H and O–H groups in total. The minimum atomic E-state index is -0.310. The lowest BCUT2D eigenvalue weighted by Crippen LogP contribution is -2.21. The van der Waals surface area contributed by atoms with E-state index in [2.05, 4.69) is 42.3 Å². The zero-order valence-corrected chi connectivity index (χ0v) is 13.1. The van der Waals surface area contributed by atoms with E-state index >= 15 is 0 Å². The standard InChI is InChI=1S/C12H10Br2FN3O/c1-18-12(19)11(14)10(6-17-18)16-5-7-2-3-8(13)4-9(7)15/h2-4,6,16H,5H2,1H3. The van der Waals surface area contributed by atoms with Crippen molar-refractivity contribution >= 4 is 37.5 Å². The monoisotopic (exact) mass is 389 g/mol. The maximum atomic E-state index is 13.6. The molecule has 0 saturated carbocycles. The van der Waals surface area contributed by atoms with Crippen LogP contribution in [0.1, 0.15) is 5.56 Å². The molecule has 7 heteroatoms. The van der Waals surface area contributed by atoms with E-state index in [1.807, 2.05) is 0 Å². The van der Waals surface area contributed by atoms with Gasteiger partial charge >= 0.3 is 0 Å². The molecule has 4 nitrogen and oxygen atoms in total. The summed E-state index contributed by atoms with van der Waals surface area (Å²) in [7, 11) is 1.56. The number of halogens is 3. The molecule has 0 aliphatic rings. The number of rotatable bonds is 3. The number of nitrogens with zero attached hydrogens (tertiary/aromatic N) is 2. The second-order valence-electron chi connectivity index (χ2n) is 3.89. The van der Waals surface area contributed by atoms with Crippen LogP contribution >= 0.6 is 31.9 Å². The van der Waals surface area contributed by atoms with E-state index < -0.39 is 0 Å². The van der Waals surface area contributed by atoms with Gasteiger partial charge in [0.2, 0.25) is 0 Å². The Kier molecular flexibility index (Phi) is 4.36. The number of hydrogen-bond acceptors (Lipinski definition) is 3. The van der Waals surface area contributed by atoms with Crippen LogP contribution in [0.25, 0.3) is 0 Å². The molecule has 100 valence electrons. The van der Waals surface area contributed by atoms with Crippen molar-refractivity contribution in [2.24, 2.45) is 7.05 Å². The van der Waals surface area contributed by atoms with Crippen LogP contribution in [0.15, 0.2) is 38.1 Å². The second kappa shape index (κ2) is 5.83. The fraction of sp³-hybridized carbons (Fsp3) is 0.167. The van der Waals surface area contributed by atoms with Gasteiger partial charge in [-0.2, -0.15) is 5.10 Å². The summed E-state index contributed by atoms with van der Waals surface area (Å²) in [5, 5.41) is 6.88. The summed E-state index contributed by atoms with van der Waals surface area (Å²) in [6, 6.07) is 4.83. The first-order valence-corrected chi connectivity index (χ1v) is 6.97. The van der Waals surface area contributed by atoms with Gasteiger partial charge in [-0.3, -0.25) is 4.79 Å². The first kappa shape index (κ1) is 14.2. The van der Waals surface area contributed by atoms with Crippen molar-refractivity contribution in [1.29, 1.82) is 0 Å². The summed E-state index contributed by atoms with van der Waals surface area (Å²) in [5.41, 5.74) is 0.794. The first-order valence-electron chi connectivity index (χ1n) is 5.38. The van der Waals surface area contributed by atoms with Gasteiger partial charge in [-0.25, -0.2) is 9.07 Å². The molecule has 0 unspecified atom stereocenters. The number of anilines is 1. The van der Waals surface area contributed by atoms with Gasteiger partial charge in [-0.1, -0.05) is 22.0 Å². The highest BCUT2D eigenvalue weighted by Crippen LogP contribution is 2.19. The SMILES string of the molecule is Cn1ncc(NCc2ccc(Br)cc2F)c(Br)c1=O. The third kappa shape index (κ3) is 3.22. The summed E-state index contributed by atoms with van der Waals surface area (Å²) in [4.78, 5) is 11.6. The van der Waals surface area contributed by atoms with Gasteiger partial charge in [0.15, 0.2) is 0 Å². The van der Waals surface area contributed by atoms with Crippen molar-refractivity contribution in [2.75, 3.05) is 5.32 Å². The highest BCUT2D eigenvalue weighted by Gasteiger charge is 2.08. The lowest BCUT2D eigenvalue weighted by molar-refractivity contribution is 0.612. The summed E-state index contributed by atoms with van der Waals surface area (Å²) in [5.74, 6) is -0.310. The molecule has 1 aromatic heterocycles. The minimum Gasteiger partial charge on any atom is -0.378 e. The van der Waals surface area contributed by atoms with E-state index in [-0.39, 0.29) is 17.9 Å². The highest BCUT2D eigenvalue weighted by molar-refractivity contribution is 9.10. The molecule has 2 rings (SSSR count). The average molecular weight is 391 g/mol. The van der Waals surface area contributed by atoms with Crippen LogP contribution in [0, 0.1) is 5.82 Å². The lowest BCUT2D eigenvalue weighted by atomic mass is 10.2. The molecule has 0 radical (unpaired) electrons. The molecular weight excluding hydrogens is 381 g/mol. The zero-order chi connectivity index (χ0) is 14.0.